The van der Waals surface area contributed by atoms with Crippen LogP contribution in [0.5, 0.6) is 0 Å². The molecule has 0 spiro atoms. The Morgan fingerprint density at radius 1 is 1.57 bits per heavy atom. The molecule has 0 rings (SSSR count). The Labute approximate surface area is 49.9 Å². The zero-order chi connectivity index (χ0) is 5.70. The van der Waals surface area contributed by atoms with Crippen LogP contribution in [0.4, 0.5) is 0 Å². The molecule has 0 N–H and O–H groups in total. The molecule has 7 heavy (non-hydrogen) atoms. The summed E-state index contributed by atoms with van der Waals surface area (Å²) < 4.78 is 0. The van der Waals surface area contributed by atoms with Crippen molar-refractivity contribution in [2.24, 2.45) is 0 Å². The fraction of sp³-hybridized carbons (Fsp3) is 1.00. The molecular formula is C5H14P2. The molecule has 0 aromatic carbocycles. The summed E-state index contributed by atoms with van der Waals surface area (Å²) in [5.74, 6) is 0. The molecule has 0 aliphatic rings. The summed E-state index contributed by atoms with van der Waals surface area (Å²) >= 11 is 0. The van der Waals surface area contributed by atoms with Gasteiger partial charge in [-0.05, 0) is 19.2 Å². The van der Waals surface area contributed by atoms with Crippen molar-refractivity contribution in [3.8, 4) is 0 Å². The summed E-state index contributed by atoms with van der Waals surface area (Å²) in [6.07, 6.45) is 4.18. The number of hydrogen-bond acceptors (Lipinski definition) is 0. The van der Waals surface area contributed by atoms with E-state index in [0.29, 0.717) is 7.61 Å². The highest BCUT2D eigenvalue weighted by Crippen LogP contribution is 2.40. The summed E-state index contributed by atoms with van der Waals surface area (Å²) in [5, 5.41) is 0. The lowest BCUT2D eigenvalue weighted by Gasteiger charge is -1.99. The van der Waals surface area contributed by atoms with E-state index in [1.165, 1.54) is 19.0 Å². The van der Waals surface area contributed by atoms with E-state index in [-0.39, 0.29) is 0 Å². The van der Waals surface area contributed by atoms with Gasteiger partial charge in [0, 0.05) is 0 Å². The van der Waals surface area contributed by atoms with Crippen LogP contribution in [0.25, 0.3) is 0 Å². The molecule has 2 atom stereocenters. The van der Waals surface area contributed by atoms with E-state index in [2.05, 4.69) is 22.5 Å². The average molecular weight is 136 g/mol. The van der Waals surface area contributed by atoms with E-state index in [1.807, 2.05) is 0 Å². The summed E-state index contributed by atoms with van der Waals surface area (Å²) in [6, 6.07) is 0. The SMILES string of the molecule is CCCCP(C)P. The summed E-state index contributed by atoms with van der Waals surface area (Å²) in [6.45, 7) is 4.54. The second-order valence-electron chi connectivity index (χ2n) is 1.83. The minimum Gasteiger partial charge on any atom is -0.112 e. The van der Waals surface area contributed by atoms with E-state index >= 15 is 0 Å². The Balaban J connectivity index is 2.68. The third-order valence-corrected chi connectivity index (χ3v) is 2.66. The quantitative estimate of drug-likeness (QED) is 0.523. The predicted octanol–water partition coefficient (Wildman–Crippen LogP) is 2.69. The monoisotopic (exact) mass is 136 g/mol. The van der Waals surface area contributed by atoms with Gasteiger partial charge in [-0.2, -0.15) is 0 Å². The molecule has 0 amide bonds. The zero-order valence-electron chi connectivity index (χ0n) is 5.15. The van der Waals surface area contributed by atoms with Gasteiger partial charge in [-0.15, -0.1) is 8.93 Å². The van der Waals surface area contributed by atoms with Crippen molar-refractivity contribution in [2.45, 2.75) is 19.8 Å². The number of hydrogen-bond donors (Lipinski definition) is 0. The molecule has 0 aliphatic carbocycles. The third kappa shape index (κ3) is 6.86. The van der Waals surface area contributed by atoms with Crippen molar-refractivity contribution >= 4 is 16.5 Å². The van der Waals surface area contributed by atoms with Crippen molar-refractivity contribution in [3.63, 3.8) is 0 Å². The maximum Gasteiger partial charge on any atom is -0.0294 e. The van der Waals surface area contributed by atoms with Crippen LogP contribution >= 0.6 is 16.5 Å². The second kappa shape index (κ2) is 5.01. The van der Waals surface area contributed by atoms with Crippen LogP contribution in [-0.2, 0) is 0 Å². The molecule has 0 nitrogen and oxygen atoms in total. The first-order chi connectivity index (χ1) is 3.27. The van der Waals surface area contributed by atoms with Crippen LogP contribution < -0.4 is 0 Å². The Bertz CT molecular complexity index is 35.1. The van der Waals surface area contributed by atoms with Gasteiger partial charge in [0.15, 0.2) is 0 Å². The van der Waals surface area contributed by atoms with Crippen LogP contribution in [0.3, 0.4) is 0 Å². The van der Waals surface area contributed by atoms with E-state index in [4.69, 9.17) is 0 Å². The minimum absolute atomic E-state index is 0.310. The van der Waals surface area contributed by atoms with Crippen LogP contribution in [-0.4, -0.2) is 12.8 Å². The first-order valence-electron chi connectivity index (χ1n) is 2.73. The highest BCUT2D eigenvalue weighted by molar-refractivity contribution is 8.13. The molecule has 0 radical (unpaired) electrons. The van der Waals surface area contributed by atoms with Gasteiger partial charge in [0.2, 0.25) is 0 Å². The van der Waals surface area contributed by atoms with Crippen LogP contribution in [0.2, 0.25) is 0 Å². The Hall–Kier alpha value is 0.860. The summed E-state index contributed by atoms with van der Waals surface area (Å²) in [7, 11) is 3.18. The van der Waals surface area contributed by atoms with Crippen molar-refractivity contribution < 1.29 is 0 Å². The molecule has 2 heteroatoms. The smallest absolute Gasteiger partial charge is 0.0294 e. The fourth-order valence-corrected chi connectivity index (χ4v) is 1.77. The largest absolute Gasteiger partial charge is 0.112 e. The van der Waals surface area contributed by atoms with Gasteiger partial charge in [0.25, 0.3) is 0 Å². The van der Waals surface area contributed by atoms with E-state index < -0.39 is 0 Å². The van der Waals surface area contributed by atoms with Gasteiger partial charge in [-0.3, -0.25) is 0 Å². The molecule has 0 aromatic heterocycles. The Kier molecular flexibility index (Phi) is 5.62. The molecule has 0 saturated carbocycles. The minimum atomic E-state index is 0.310. The lowest BCUT2D eigenvalue weighted by Crippen LogP contribution is -1.73. The Morgan fingerprint density at radius 3 is 2.29 bits per heavy atom. The van der Waals surface area contributed by atoms with E-state index in [9.17, 15) is 0 Å². The van der Waals surface area contributed by atoms with Crippen molar-refractivity contribution in [1.82, 2.24) is 0 Å². The van der Waals surface area contributed by atoms with Crippen molar-refractivity contribution in [3.05, 3.63) is 0 Å². The van der Waals surface area contributed by atoms with E-state index in [1.54, 1.807) is 0 Å². The normalized spacial score (nSPS) is 14.1. The molecule has 0 bridgehead atoms. The highest BCUT2D eigenvalue weighted by Gasteiger charge is 1.87. The van der Waals surface area contributed by atoms with Gasteiger partial charge >= 0.3 is 0 Å². The molecule has 0 saturated heterocycles. The van der Waals surface area contributed by atoms with Crippen molar-refractivity contribution in [1.29, 1.82) is 0 Å². The number of unbranched alkanes of at least 4 members (excludes halogenated alkanes) is 1. The lowest BCUT2D eigenvalue weighted by atomic mass is 10.4. The first kappa shape index (κ1) is 7.86. The van der Waals surface area contributed by atoms with Gasteiger partial charge in [-0.25, -0.2) is 0 Å². The molecule has 0 fully saturated rings. The lowest BCUT2D eigenvalue weighted by molar-refractivity contribution is 0.894. The average Bonchev–Trinajstić information content (AvgIpc) is 1.61. The molecule has 2 unspecified atom stereocenters. The molecular weight excluding hydrogens is 122 g/mol. The van der Waals surface area contributed by atoms with Gasteiger partial charge in [-0.1, -0.05) is 21.0 Å². The molecule has 0 aliphatic heterocycles. The van der Waals surface area contributed by atoms with Crippen LogP contribution in [0.15, 0.2) is 0 Å². The second-order valence-corrected chi connectivity index (χ2v) is 6.44. The molecule has 0 aromatic rings. The maximum atomic E-state index is 2.87. The fourth-order valence-electron chi connectivity index (χ4n) is 0.408. The highest BCUT2D eigenvalue weighted by atomic mass is 32.0. The first-order valence-corrected chi connectivity index (χ1v) is 6.32. The predicted molar refractivity (Wildman–Crippen MR) is 42.3 cm³/mol. The Morgan fingerprint density at radius 2 is 2.14 bits per heavy atom. The topological polar surface area (TPSA) is 0 Å². The van der Waals surface area contributed by atoms with Gasteiger partial charge < -0.3 is 0 Å². The maximum absolute atomic E-state index is 2.87. The molecule has 0 heterocycles. The van der Waals surface area contributed by atoms with Gasteiger partial charge in [0.05, 0.1) is 0 Å². The van der Waals surface area contributed by atoms with E-state index in [0.717, 1.165) is 0 Å². The van der Waals surface area contributed by atoms with Gasteiger partial charge in [0.1, 0.15) is 0 Å². The number of rotatable bonds is 3. The third-order valence-electron chi connectivity index (χ3n) is 0.864. The van der Waals surface area contributed by atoms with Crippen LogP contribution in [0, 0.1) is 0 Å². The van der Waals surface area contributed by atoms with Crippen LogP contribution in [0.1, 0.15) is 19.8 Å². The van der Waals surface area contributed by atoms with Crippen molar-refractivity contribution in [2.75, 3.05) is 12.8 Å². The molecule has 44 valence electrons. The summed E-state index contributed by atoms with van der Waals surface area (Å²) in [5.41, 5.74) is 0. The standard InChI is InChI=1S/C5H14P2/c1-3-4-5-7(2)6/h3-6H2,1-2H3. The zero-order valence-corrected chi connectivity index (χ0v) is 7.20. The summed E-state index contributed by atoms with van der Waals surface area (Å²) in [4.78, 5) is 0.